The highest BCUT2D eigenvalue weighted by Crippen LogP contribution is 2.32. The van der Waals surface area contributed by atoms with E-state index in [1.54, 1.807) is 19.1 Å². The number of benzene rings is 2. The van der Waals surface area contributed by atoms with Crippen molar-refractivity contribution >= 4 is 27.4 Å². The minimum atomic E-state index is -0.656. The molecule has 0 radical (unpaired) electrons. The number of aromatic nitrogens is 2. The summed E-state index contributed by atoms with van der Waals surface area (Å²) in [4.78, 5) is 8.54. The van der Waals surface area contributed by atoms with Gasteiger partial charge in [-0.25, -0.2) is 4.39 Å². The molecule has 5 nitrogen and oxygen atoms in total. The molecule has 154 valence electrons. The summed E-state index contributed by atoms with van der Waals surface area (Å²) in [6, 6.07) is 12.7. The Kier molecular flexibility index (Phi) is 4.81. The molecule has 0 spiro atoms. The highest BCUT2D eigenvalue weighted by molar-refractivity contribution is 5.92. The molecule has 1 aliphatic heterocycles. The molecular formula is C24H24FN3O2. The Labute approximate surface area is 173 Å². The van der Waals surface area contributed by atoms with Crippen LogP contribution >= 0.6 is 0 Å². The number of nitrogens with zero attached hydrogens (tertiary/aromatic N) is 1. The third kappa shape index (κ3) is 3.38. The second-order valence-corrected chi connectivity index (χ2v) is 7.81. The van der Waals surface area contributed by atoms with Crippen LogP contribution in [0.1, 0.15) is 18.9 Å². The minimum absolute atomic E-state index is 0.233. The van der Waals surface area contributed by atoms with E-state index in [1.165, 1.54) is 11.6 Å². The standard InChI is InChI=1S/C24H24FN3O2/c1-15(29)24(30-23-4-2-3-21-18(23)7-10-26-21)28-11-8-16(9-12-28)20-14-27-22-6-5-17(25)13-19(20)22/h2-8,10,13-15,24,26-27,29H,9,11-12H2,1H3. The summed E-state index contributed by atoms with van der Waals surface area (Å²) in [6.07, 6.45) is 5.66. The highest BCUT2D eigenvalue weighted by atomic mass is 19.1. The van der Waals surface area contributed by atoms with Crippen LogP contribution in [0.3, 0.4) is 0 Å². The van der Waals surface area contributed by atoms with Gasteiger partial charge in [0.25, 0.3) is 0 Å². The fourth-order valence-corrected chi connectivity index (χ4v) is 4.29. The molecule has 6 heteroatoms. The van der Waals surface area contributed by atoms with Crippen molar-refractivity contribution in [1.29, 1.82) is 0 Å². The van der Waals surface area contributed by atoms with Gasteiger partial charge >= 0.3 is 0 Å². The average Bonchev–Trinajstić information content (AvgIpc) is 3.39. The zero-order valence-electron chi connectivity index (χ0n) is 16.7. The molecule has 0 fully saturated rings. The molecular weight excluding hydrogens is 381 g/mol. The number of halogens is 1. The molecule has 2 aromatic heterocycles. The third-order valence-electron chi connectivity index (χ3n) is 5.81. The van der Waals surface area contributed by atoms with E-state index >= 15 is 0 Å². The van der Waals surface area contributed by atoms with Gasteiger partial charge in [-0.3, -0.25) is 4.90 Å². The van der Waals surface area contributed by atoms with Gasteiger partial charge in [0.05, 0.1) is 0 Å². The first-order valence-corrected chi connectivity index (χ1v) is 10.2. The summed E-state index contributed by atoms with van der Waals surface area (Å²) in [6.45, 7) is 3.14. The van der Waals surface area contributed by atoms with Crippen molar-refractivity contribution in [2.45, 2.75) is 25.7 Å². The van der Waals surface area contributed by atoms with Gasteiger partial charge < -0.3 is 19.8 Å². The smallest absolute Gasteiger partial charge is 0.178 e. The summed E-state index contributed by atoms with van der Waals surface area (Å²) >= 11 is 0. The summed E-state index contributed by atoms with van der Waals surface area (Å²) in [5.41, 5.74) is 4.15. The topological polar surface area (TPSA) is 64.3 Å². The van der Waals surface area contributed by atoms with E-state index in [-0.39, 0.29) is 5.82 Å². The van der Waals surface area contributed by atoms with Crippen LogP contribution in [0.5, 0.6) is 5.75 Å². The second-order valence-electron chi connectivity index (χ2n) is 7.81. The van der Waals surface area contributed by atoms with Crippen molar-refractivity contribution in [2.24, 2.45) is 0 Å². The normalized spacial score (nSPS) is 17.2. The Morgan fingerprint density at radius 1 is 1.10 bits per heavy atom. The molecule has 4 aromatic rings. The van der Waals surface area contributed by atoms with Gasteiger partial charge in [0.1, 0.15) is 17.7 Å². The molecule has 1 aliphatic rings. The van der Waals surface area contributed by atoms with Gasteiger partial charge in [0, 0.05) is 52.9 Å². The molecule has 0 aliphatic carbocycles. The van der Waals surface area contributed by atoms with Gasteiger partial charge in [-0.1, -0.05) is 12.1 Å². The van der Waals surface area contributed by atoms with Crippen molar-refractivity contribution in [3.8, 4) is 5.75 Å². The van der Waals surface area contributed by atoms with Gasteiger partial charge in [0.15, 0.2) is 6.23 Å². The fourth-order valence-electron chi connectivity index (χ4n) is 4.29. The maximum absolute atomic E-state index is 13.7. The van der Waals surface area contributed by atoms with E-state index in [9.17, 15) is 9.50 Å². The van der Waals surface area contributed by atoms with Crippen LogP contribution in [-0.2, 0) is 0 Å². The first kappa shape index (κ1) is 18.9. The van der Waals surface area contributed by atoms with E-state index in [4.69, 9.17) is 4.74 Å². The Bertz CT molecular complexity index is 1220. The molecule has 2 unspecified atom stereocenters. The lowest BCUT2D eigenvalue weighted by molar-refractivity contribution is -0.0528. The van der Waals surface area contributed by atoms with Crippen molar-refractivity contribution in [3.05, 3.63) is 72.3 Å². The lowest BCUT2D eigenvalue weighted by atomic mass is 9.98. The Morgan fingerprint density at radius 3 is 2.77 bits per heavy atom. The number of fused-ring (bicyclic) bond motifs is 2. The molecule has 0 bridgehead atoms. The molecule has 0 saturated carbocycles. The van der Waals surface area contributed by atoms with E-state index in [2.05, 4.69) is 20.9 Å². The Morgan fingerprint density at radius 2 is 1.97 bits per heavy atom. The molecule has 0 amide bonds. The largest absolute Gasteiger partial charge is 0.472 e. The number of ether oxygens (including phenoxy) is 1. The summed E-state index contributed by atoms with van der Waals surface area (Å²) in [5.74, 6) is 0.518. The molecule has 3 heterocycles. The van der Waals surface area contributed by atoms with Crippen LogP contribution in [0, 0.1) is 5.82 Å². The van der Waals surface area contributed by atoms with E-state index < -0.39 is 12.3 Å². The van der Waals surface area contributed by atoms with Crippen molar-refractivity contribution in [2.75, 3.05) is 13.1 Å². The zero-order valence-corrected chi connectivity index (χ0v) is 16.7. The minimum Gasteiger partial charge on any atom is -0.472 e. The number of aliphatic hydroxyl groups is 1. The van der Waals surface area contributed by atoms with Gasteiger partial charge in [0.2, 0.25) is 0 Å². The number of nitrogens with one attached hydrogen (secondary N) is 2. The number of H-pyrrole nitrogens is 2. The van der Waals surface area contributed by atoms with Crippen LogP contribution in [0.4, 0.5) is 4.39 Å². The molecule has 0 saturated heterocycles. The second kappa shape index (κ2) is 7.63. The average molecular weight is 405 g/mol. The number of hydrogen-bond donors (Lipinski definition) is 3. The maximum Gasteiger partial charge on any atom is 0.178 e. The lowest BCUT2D eigenvalue weighted by Crippen LogP contribution is -2.48. The predicted molar refractivity (Wildman–Crippen MR) is 117 cm³/mol. The van der Waals surface area contributed by atoms with Crippen molar-refractivity contribution in [1.82, 2.24) is 14.9 Å². The lowest BCUT2D eigenvalue weighted by Gasteiger charge is -2.35. The Balaban J connectivity index is 1.38. The van der Waals surface area contributed by atoms with E-state index in [0.29, 0.717) is 6.54 Å². The monoisotopic (exact) mass is 405 g/mol. The molecule has 30 heavy (non-hydrogen) atoms. The highest BCUT2D eigenvalue weighted by Gasteiger charge is 2.28. The molecule has 2 atom stereocenters. The molecule has 2 aromatic carbocycles. The SMILES string of the molecule is CC(O)C(Oc1cccc2[nH]ccc12)N1CC=C(c2c[nH]c3ccc(F)cc23)CC1. The summed E-state index contributed by atoms with van der Waals surface area (Å²) < 4.78 is 20.0. The van der Waals surface area contributed by atoms with Crippen LogP contribution in [0.15, 0.2) is 60.9 Å². The third-order valence-corrected chi connectivity index (χ3v) is 5.81. The quantitative estimate of drug-likeness (QED) is 0.452. The van der Waals surface area contributed by atoms with E-state index in [0.717, 1.165) is 46.1 Å². The number of aromatic amines is 2. The number of hydrogen-bond acceptors (Lipinski definition) is 3. The van der Waals surface area contributed by atoms with Crippen molar-refractivity contribution < 1.29 is 14.2 Å². The first-order valence-electron chi connectivity index (χ1n) is 10.2. The molecule has 3 N–H and O–H groups in total. The predicted octanol–water partition coefficient (Wildman–Crippen LogP) is 4.66. The van der Waals surface area contributed by atoms with Crippen LogP contribution < -0.4 is 4.74 Å². The number of rotatable bonds is 5. The van der Waals surface area contributed by atoms with Gasteiger partial charge in [-0.15, -0.1) is 0 Å². The van der Waals surface area contributed by atoms with Crippen LogP contribution in [0.25, 0.3) is 27.4 Å². The zero-order chi connectivity index (χ0) is 20.7. The van der Waals surface area contributed by atoms with Crippen LogP contribution in [0.2, 0.25) is 0 Å². The Hall–Kier alpha value is -3.09. The summed E-state index contributed by atoms with van der Waals surface area (Å²) in [7, 11) is 0. The van der Waals surface area contributed by atoms with Crippen LogP contribution in [-0.4, -0.2) is 45.4 Å². The van der Waals surface area contributed by atoms with Crippen molar-refractivity contribution in [3.63, 3.8) is 0 Å². The van der Waals surface area contributed by atoms with Gasteiger partial charge in [-0.2, -0.15) is 0 Å². The maximum atomic E-state index is 13.7. The fraction of sp³-hybridized carbons (Fsp3) is 0.250. The first-order chi connectivity index (χ1) is 14.6. The summed E-state index contributed by atoms with van der Waals surface area (Å²) in [5, 5.41) is 12.3. The molecule has 5 rings (SSSR count). The van der Waals surface area contributed by atoms with E-state index in [1.807, 2.05) is 36.7 Å². The number of aliphatic hydroxyl groups excluding tert-OH is 1. The van der Waals surface area contributed by atoms with Gasteiger partial charge in [-0.05, 0) is 55.3 Å².